The summed E-state index contributed by atoms with van der Waals surface area (Å²) in [5, 5.41) is 14.6. The average molecular weight is 395 g/mol. The van der Waals surface area contributed by atoms with E-state index in [1.807, 2.05) is 43.2 Å². The quantitative estimate of drug-likeness (QED) is 0.515. The molecule has 1 N–H and O–H groups in total. The number of ether oxygens (including phenoxy) is 1. The maximum Gasteiger partial charge on any atom is 0.374 e. The number of hydrogen-bond donors (Lipinski definition) is 1. The lowest BCUT2D eigenvalue weighted by molar-refractivity contribution is -0.385. The fourth-order valence-corrected chi connectivity index (χ4v) is 3.16. The Kier molecular flexibility index (Phi) is 5.19. The van der Waals surface area contributed by atoms with Crippen LogP contribution in [0.1, 0.15) is 5.69 Å². The molecule has 0 radical (unpaired) electrons. The van der Waals surface area contributed by atoms with Crippen LogP contribution >= 0.6 is 0 Å². The summed E-state index contributed by atoms with van der Waals surface area (Å²) in [6.07, 6.45) is 1.25. The molecule has 29 heavy (non-hydrogen) atoms. The number of hydrogen-bond acceptors (Lipinski definition) is 9. The van der Waals surface area contributed by atoms with Crippen molar-refractivity contribution in [2.45, 2.75) is 6.92 Å². The molecule has 10 nitrogen and oxygen atoms in total. The fraction of sp³-hybridized carbons (Fsp3) is 0.316. The molecule has 1 aromatic carbocycles. The van der Waals surface area contributed by atoms with Gasteiger partial charge in [0.25, 0.3) is 0 Å². The van der Waals surface area contributed by atoms with Crippen LogP contribution in [0.25, 0.3) is 10.9 Å². The van der Waals surface area contributed by atoms with Crippen LogP contribution in [0.5, 0.6) is 11.6 Å². The standard InChI is InChI=1S/C19H21N7O3/c1-13-6-7-14-4-3-5-15(16(14)22-13)29-19-17(26(27)28)18(20-12-21-19)23-25-10-8-24(2)9-11-25/h3-7,12H,8-11H2,1-2H3,(H,20,21,23). The third-order valence-corrected chi connectivity index (χ3v) is 4.77. The first-order valence-electron chi connectivity index (χ1n) is 9.25. The van der Waals surface area contributed by atoms with Crippen LogP contribution in [-0.2, 0) is 0 Å². The number of aromatic nitrogens is 3. The predicted octanol–water partition coefficient (Wildman–Crippen LogP) is 2.61. The Morgan fingerprint density at radius 1 is 1.14 bits per heavy atom. The van der Waals surface area contributed by atoms with E-state index >= 15 is 0 Å². The van der Waals surface area contributed by atoms with Gasteiger partial charge in [0.15, 0.2) is 5.75 Å². The molecule has 0 saturated carbocycles. The molecule has 1 fully saturated rings. The van der Waals surface area contributed by atoms with E-state index in [1.54, 1.807) is 6.07 Å². The summed E-state index contributed by atoms with van der Waals surface area (Å²) < 4.78 is 5.86. The van der Waals surface area contributed by atoms with Crippen molar-refractivity contribution in [2.24, 2.45) is 0 Å². The summed E-state index contributed by atoms with van der Waals surface area (Å²) in [5.74, 6) is 0.380. The highest BCUT2D eigenvalue weighted by Crippen LogP contribution is 2.36. The molecule has 2 aromatic heterocycles. The Morgan fingerprint density at radius 2 is 1.93 bits per heavy atom. The van der Waals surface area contributed by atoms with Crippen molar-refractivity contribution in [3.63, 3.8) is 0 Å². The number of fused-ring (bicyclic) bond motifs is 1. The van der Waals surface area contributed by atoms with Gasteiger partial charge in [0, 0.05) is 37.3 Å². The second-order valence-electron chi connectivity index (χ2n) is 6.92. The molecular formula is C19H21N7O3. The summed E-state index contributed by atoms with van der Waals surface area (Å²) >= 11 is 0. The zero-order valence-corrected chi connectivity index (χ0v) is 16.2. The van der Waals surface area contributed by atoms with Crippen molar-refractivity contribution in [1.29, 1.82) is 0 Å². The van der Waals surface area contributed by atoms with Crippen molar-refractivity contribution in [3.05, 3.63) is 52.5 Å². The number of anilines is 1. The van der Waals surface area contributed by atoms with Crippen molar-refractivity contribution in [3.8, 4) is 11.6 Å². The second-order valence-corrected chi connectivity index (χ2v) is 6.92. The van der Waals surface area contributed by atoms with Gasteiger partial charge in [-0.15, -0.1) is 0 Å². The van der Waals surface area contributed by atoms with E-state index in [9.17, 15) is 10.1 Å². The number of pyridine rings is 1. The average Bonchev–Trinajstić information content (AvgIpc) is 2.70. The summed E-state index contributed by atoms with van der Waals surface area (Å²) in [4.78, 5) is 26.1. The number of aryl methyl sites for hydroxylation is 1. The molecule has 0 bridgehead atoms. The number of nitrogens with zero attached hydrogens (tertiary/aromatic N) is 6. The number of likely N-dealkylation sites (N-methyl/N-ethyl adjacent to an activating group) is 1. The summed E-state index contributed by atoms with van der Waals surface area (Å²) in [6.45, 7) is 5.04. The Bertz CT molecular complexity index is 1050. The van der Waals surface area contributed by atoms with Gasteiger partial charge in [0.2, 0.25) is 5.82 Å². The second kappa shape index (κ2) is 7.94. The summed E-state index contributed by atoms with van der Waals surface area (Å²) in [5.41, 5.74) is 4.17. The van der Waals surface area contributed by atoms with Gasteiger partial charge in [0.1, 0.15) is 11.8 Å². The number of benzene rings is 1. The first-order valence-corrected chi connectivity index (χ1v) is 9.25. The highest BCUT2D eigenvalue weighted by atomic mass is 16.6. The van der Waals surface area contributed by atoms with E-state index in [1.165, 1.54) is 6.33 Å². The van der Waals surface area contributed by atoms with Gasteiger partial charge in [-0.2, -0.15) is 4.98 Å². The van der Waals surface area contributed by atoms with Crippen molar-refractivity contribution in [1.82, 2.24) is 24.9 Å². The van der Waals surface area contributed by atoms with E-state index in [-0.39, 0.29) is 17.4 Å². The Labute approximate surface area is 167 Å². The SMILES string of the molecule is Cc1ccc2cccc(Oc3ncnc(NN4CCN(C)CC4)c3[N+](=O)[O-])c2n1. The molecule has 0 atom stereocenters. The van der Waals surface area contributed by atoms with Crippen LogP contribution in [0.15, 0.2) is 36.7 Å². The van der Waals surface area contributed by atoms with Gasteiger partial charge in [-0.3, -0.25) is 15.5 Å². The lowest BCUT2D eigenvalue weighted by Crippen LogP contribution is -2.47. The topological polar surface area (TPSA) is 110 Å². The normalized spacial score (nSPS) is 15.4. The van der Waals surface area contributed by atoms with Gasteiger partial charge in [-0.05, 0) is 26.1 Å². The van der Waals surface area contributed by atoms with E-state index in [0.717, 1.165) is 37.3 Å². The van der Waals surface area contributed by atoms with E-state index in [4.69, 9.17) is 4.74 Å². The third kappa shape index (κ3) is 4.08. The fourth-order valence-electron chi connectivity index (χ4n) is 3.16. The molecule has 0 aliphatic carbocycles. The molecule has 10 heteroatoms. The Balaban J connectivity index is 1.68. The minimum Gasteiger partial charge on any atom is -0.431 e. The molecule has 3 heterocycles. The number of piperazine rings is 1. The molecule has 1 aliphatic rings. The van der Waals surface area contributed by atoms with E-state index in [0.29, 0.717) is 11.3 Å². The number of para-hydroxylation sites is 1. The maximum absolute atomic E-state index is 11.8. The van der Waals surface area contributed by atoms with Crippen molar-refractivity contribution >= 4 is 22.4 Å². The van der Waals surface area contributed by atoms with E-state index < -0.39 is 4.92 Å². The molecule has 1 aliphatic heterocycles. The lowest BCUT2D eigenvalue weighted by atomic mass is 10.2. The molecule has 1 saturated heterocycles. The molecule has 4 rings (SSSR count). The molecule has 3 aromatic rings. The van der Waals surface area contributed by atoms with Gasteiger partial charge in [-0.1, -0.05) is 18.2 Å². The minimum absolute atomic E-state index is 0.105. The molecule has 150 valence electrons. The van der Waals surface area contributed by atoms with E-state index in [2.05, 4.69) is 25.3 Å². The first-order chi connectivity index (χ1) is 14.0. The van der Waals surface area contributed by atoms with Crippen LogP contribution in [0.3, 0.4) is 0 Å². The molecular weight excluding hydrogens is 374 g/mol. The number of hydrazine groups is 1. The third-order valence-electron chi connectivity index (χ3n) is 4.77. The van der Waals surface area contributed by atoms with Crippen LogP contribution < -0.4 is 10.2 Å². The van der Waals surface area contributed by atoms with Gasteiger partial charge < -0.3 is 9.64 Å². The summed E-state index contributed by atoms with van der Waals surface area (Å²) in [6, 6.07) is 9.26. The zero-order valence-electron chi connectivity index (χ0n) is 16.2. The lowest BCUT2D eigenvalue weighted by Gasteiger charge is -2.32. The van der Waals surface area contributed by atoms with Crippen LogP contribution in [0.4, 0.5) is 11.5 Å². The predicted molar refractivity (Wildman–Crippen MR) is 108 cm³/mol. The smallest absolute Gasteiger partial charge is 0.374 e. The van der Waals surface area contributed by atoms with Gasteiger partial charge in [-0.25, -0.2) is 15.0 Å². The first kappa shape index (κ1) is 19.0. The minimum atomic E-state index is -0.530. The van der Waals surface area contributed by atoms with Crippen LogP contribution in [-0.4, -0.2) is 63.0 Å². The molecule has 0 spiro atoms. The Hall–Kier alpha value is -3.37. The van der Waals surface area contributed by atoms with Crippen LogP contribution in [0.2, 0.25) is 0 Å². The summed E-state index contributed by atoms with van der Waals surface area (Å²) in [7, 11) is 2.04. The Morgan fingerprint density at radius 3 is 2.69 bits per heavy atom. The molecule has 0 unspecified atom stereocenters. The monoisotopic (exact) mass is 395 g/mol. The van der Waals surface area contributed by atoms with Crippen LogP contribution in [0, 0.1) is 17.0 Å². The van der Waals surface area contributed by atoms with Gasteiger partial charge >= 0.3 is 11.6 Å². The number of nitro groups is 1. The van der Waals surface area contributed by atoms with Crippen molar-refractivity contribution in [2.75, 3.05) is 38.7 Å². The largest absolute Gasteiger partial charge is 0.431 e. The highest BCUT2D eigenvalue weighted by molar-refractivity contribution is 5.85. The number of rotatable bonds is 5. The highest BCUT2D eigenvalue weighted by Gasteiger charge is 2.27. The zero-order chi connectivity index (χ0) is 20.4. The maximum atomic E-state index is 11.8. The number of nitrogens with one attached hydrogen (secondary N) is 1. The molecule has 0 amide bonds. The van der Waals surface area contributed by atoms with Crippen molar-refractivity contribution < 1.29 is 9.66 Å². The van der Waals surface area contributed by atoms with Gasteiger partial charge in [0.05, 0.1) is 4.92 Å².